The minimum Gasteiger partial charge on any atom is -0.475 e. The number of amides is 1. The van der Waals surface area contributed by atoms with Crippen LogP contribution in [0.1, 0.15) is 25.8 Å². The third-order valence-electron chi connectivity index (χ3n) is 4.33. The second-order valence-corrected chi connectivity index (χ2v) is 7.33. The number of likely N-dealkylation sites (tertiary alicyclic amines) is 1. The molecule has 1 aromatic heterocycles. The molecule has 0 bridgehead atoms. The molecule has 30 heavy (non-hydrogen) atoms. The zero-order valence-corrected chi connectivity index (χ0v) is 20.0. The van der Waals surface area contributed by atoms with Gasteiger partial charge >= 0.3 is 6.18 Å². The molecule has 0 spiro atoms. The Balaban J connectivity index is 0.00000450. The summed E-state index contributed by atoms with van der Waals surface area (Å²) >= 11 is 5.80. The summed E-state index contributed by atoms with van der Waals surface area (Å²) in [6.07, 6.45) is -3.01. The van der Waals surface area contributed by atoms with Gasteiger partial charge in [0.15, 0.2) is 5.96 Å². The van der Waals surface area contributed by atoms with E-state index in [0.29, 0.717) is 31.8 Å². The lowest BCUT2D eigenvalue weighted by Gasteiger charge is -2.20. The first kappa shape index (κ1) is 26.5. The van der Waals surface area contributed by atoms with Crippen LogP contribution < -0.4 is 15.4 Å². The zero-order chi connectivity index (χ0) is 21.6. The van der Waals surface area contributed by atoms with Crippen LogP contribution in [-0.2, 0) is 11.0 Å². The Hall–Kier alpha value is -1.50. The van der Waals surface area contributed by atoms with Crippen molar-refractivity contribution in [1.82, 2.24) is 20.5 Å². The number of carbonyl (C=O) groups excluding carboxylic acids is 1. The maximum atomic E-state index is 12.6. The van der Waals surface area contributed by atoms with Crippen molar-refractivity contribution in [3.05, 3.63) is 22.8 Å². The largest absolute Gasteiger partial charge is 0.475 e. The van der Waals surface area contributed by atoms with Gasteiger partial charge in [-0.1, -0.05) is 25.4 Å². The molecule has 1 amide bonds. The van der Waals surface area contributed by atoms with Crippen LogP contribution in [0.25, 0.3) is 0 Å². The van der Waals surface area contributed by atoms with E-state index in [1.165, 1.54) is 0 Å². The van der Waals surface area contributed by atoms with E-state index in [4.69, 9.17) is 16.3 Å². The maximum Gasteiger partial charge on any atom is 0.417 e. The Kier molecular flexibility index (Phi) is 10.4. The van der Waals surface area contributed by atoms with E-state index in [-0.39, 0.29) is 59.4 Å². The number of pyridine rings is 1. The van der Waals surface area contributed by atoms with Crippen molar-refractivity contribution in [2.24, 2.45) is 10.9 Å². The lowest BCUT2D eigenvalue weighted by atomic mass is 10.2. The highest BCUT2D eigenvalue weighted by Gasteiger charge is 2.32. The number of nitrogens with one attached hydrogen (secondary N) is 2. The second-order valence-electron chi connectivity index (χ2n) is 6.93. The Labute approximate surface area is 195 Å². The molecule has 1 atom stereocenters. The summed E-state index contributed by atoms with van der Waals surface area (Å²) in [6.45, 7) is 5.52. The van der Waals surface area contributed by atoms with Gasteiger partial charge in [0.05, 0.1) is 12.1 Å². The fourth-order valence-electron chi connectivity index (χ4n) is 2.84. The third-order valence-corrected chi connectivity index (χ3v) is 4.60. The van der Waals surface area contributed by atoms with Crippen LogP contribution in [0.15, 0.2) is 17.3 Å². The standard InChI is InChI=1S/C18H25ClF3N5O2.HI/c1-11(2)16(28)27-6-4-13(10-27)26-17(23-3)24-5-7-29-15-14(19)8-12(9-25-15)18(20,21)22;/h8-9,11,13H,4-7,10H2,1-3H3,(H2,23,24,26);1H. The van der Waals surface area contributed by atoms with Gasteiger partial charge in [-0.2, -0.15) is 13.2 Å². The summed E-state index contributed by atoms with van der Waals surface area (Å²) in [5, 5.41) is 6.09. The van der Waals surface area contributed by atoms with E-state index in [9.17, 15) is 18.0 Å². The predicted molar refractivity (Wildman–Crippen MR) is 119 cm³/mol. The van der Waals surface area contributed by atoms with Crippen molar-refractivity contribution in [2.75, 3.05) is 33.3 Å². The normalized spacial score (nSPS) is 17.0. The minimum absolute atomic E-state index is 0. The molecule has 0 radical (unpaired) electrons. The monoisotopic (exact) mass is 563 g/mol. The summed E-state index contributed by atoms with van der Waals surface area (Å²) in [6, 6.07) is 0.873. The van der Waals surface area contributed by atoms with Crippen molar-refractivity contribution in [3.8, 4) is 5.88 Å². The number of aromatic nitrogens is 1. The molecule has 1 aliphatic rings. The second kappa shape index (κ2) is 11.8. The van der Waals surface area contributed by atoms with Crippen LogP contribution in [0.2, 0.25) is 5.02 Å². The van der Waals surface area contributed by atoms with E-state index in [0.717, 1.165) is 12.5 Å². The number of carbonyl (C=O) groups is 1. The van der Waals surface area contributed by atoms with Gasteiger partial charge in [-0.15, -0.1) is 24.0 Å². The lowest BCUT2D eigenvalue weighted by molar-refractivity contribution is -0.138. The molecule has 1 aromatic rings. The summed E-state index contributed by atoms with van der Waals surface area (Å²) in [5.41, 5.74) is -0.931. The molecule has 12 heteroatoms. The average Bonchev–Trinajstić information content (AvgIpc) is 3.12. The van der Waals surface area contributed by atoms with Crippen LogP contribution in [0.4, 0.5) is 13.2 Å². The number of nitrogens with zero attached hydrogens (tertiary/aromatic N) is 3. The van der Waals surface area contributed by atoms with Gasteiger partial charge in [-0.25, -0.2) is 4.98 Å². The molecule has 1 aliphatic heterocycles. The van der Waals surface area contributed by atoms with Gasteiger partial charge in [0.1, 0.15) is 11.6 Å². The Morgan fingerprint density at radius 1 is 1.47 bits per heavy atom. The van der Waals surface area contributed by atoms with Gasteiger partial charge in [-0.3, -0.25) is 9.79 Å². The molecule has 2 heterocycles. The van der Waals surface area contributed by atoms with Crippen molar-refractivity contribution >= 4 is 47.4 Å². The fourth-order valence-corrected chi connectivity index (χ4v) is 3.06. The molecule has 0 aliphatic carbocycles. The number of rotatable bonds is 6. The zero-order valence-electron chi connectivity index (χ0n) is 16.9. The highest BCUT2D eigenvalue weighted by Crippen LogP contribution is 2.32. The van der Waals surface area contributed by atoms with E-state index >= 15 is 0 Å². The third kappa shape index (κ3) is 7.64. The number of guanidine groups is 1. The molecular weight excluding hydrogens is 538 g/mol. The van der Waals surface area contributed by atoms with Gasteiger partial charge in [0.2, 0.25) is 11.8 Å². The Morgan fingerprint density at radius 2 is 2.17 bits per heavy atom. The number of hydrogen-bond donors (Lipinski definition) is 2. The smallest absolute Gasteiger partial charge is 0.417 e. The van der Waals surface area contributed by atoms with Crippen molar-refractivity contribution in [3.63, 3.8) is 0 Å². The molecule has 2 N–H and O–H groups in total. The van der Waals surface area contributed by atoms with Gasteiger partial charge < -0.3 is 20.3 Å². The van der Waals surface area contributed by atoms with E-state index in [1.807, 2.05) is 18.7 Å². The van der Waals surface area contributed by atoms with Crippen LogP contribution >= 0.6 is 35.6 Å². The molecule has 1 fully saturated rings. The summed E-state index contributed by atoms with van der Waals surface area (Å²) in [4.78, 5) is 21.6. The first-order chi connectivity index (χ1) is 13.6. The van der Waals surface area contributed by atoms with Crippen LogP contribution in [0.3, 0.4) is 0 Å². The molecule has 1 unspecified atom stereocenters. The Morgan fingerprint density at radius 3 is 2.73 bits per heavy atom. The molecule has 7 nitrogen and oxygen atoms in total. The number of halogens is 5. The molecule has 0 saturated carbocycles. The Bertz CT molecular complexity index is 749. The minimum atomic E-state index is -4.51. The van der Waals surface area contributed by atoms with Crippen LogP contribution in [0, 0.1) is 5.92 Å². The summed E-state index contributed by atoms with van der Waals surface area (Å²) in [5.74, 6) is 0.576. The molecule has 0 aromatic carbocycles. The van der Waals surface area contributed by atoms with Gasteiger partial charge in [0.25, 0.3) is 0 Å². The van der Waals surface area contributed by atoms with E-state index in [2.05, 4.69) is 20.6 Å². The first-order valence-electron chi connectivity index (χ1n) is 9.23. The highest BCUT2D eigenvalue weighted by atomic mass is 127. The number of alkyl halides is 3. The molecule has 2 rings (SSSR count). The number of hydrogen-bond acceptors (Lipinski definition) is 4. The molecular formula is C18H26ClF3IN5O2. The van der Waals surface area contributed by atoms with E-state index in [1.54, 1.807) is 7.05 Å². The van der Waals surface area contributed by atoms with Crippen LogP contribution in [-0.4, -0.2) is 61.1 Å². The predicted octanol–water partition coefficient (Wildman–Crippen LogP) is 3.17. The van der Waals surface area contributed by atoms with Crippen molar-refractivity contribution in [1.29, 1.82) is 0 Å². The number of aliphatic imine (C=N–C) groups is 1. The van der Waals surface area contributed by atoms with Crippen molar-refractivity contribution < 1.29 is 22.7 Å². The molecule has 170 valence electrons. The average molecular weight is 564 g/mol. The fraction of sp³-hybridized carbons (Fsp3) is 0.611. The molecule has 1 saturated heterocycles. The quantitative estimate of drug-likeness (QED) is 0.241. The van der Waals surface area contributed by atoms with E-state index < -0.39 is 11.7 Å². The summed E-state index contributed by atoms with van der Waals surface area (Å²) < 4.78 is 43.2. The number of ether oxygens (including phenoxy) is 1. The maximum absolute atomic E-state index is 12.6. The SMILES string of the molecule is CN=C(NCCOc1ncc(C(F)(F)F)cc1Cl)NC1CCN(C(=O)C(C)C)C1.I. The lowest BCUT2D eigenvalue weighted by Crippen LogP contribution is -2.46. The van der Waals surface area contributed by atoms with Crippen molar-refractivity contribution in [2.45, 2.75) is 32.5 Å². The van der Waals surface area contributed by atoms with Gasteiger partial charge in [0, 0.05) is 38.3 Å². The highest BCUT2D eigenvalue weighted by molar-refractivity contribution is 14.0. The van der Waals surface area contributed by atoms with Crippen LogP contribution in [0.5, 0.6) is 5.88 Å². The first-order valence-corrected chi connectivity index (χ1v) is 9.61. The van der Waals surface area contributed by atoms with Gasteiger partial charge in [-0.05, 0) is 12.5 Å². The summed E-state index contributed by atoms with van der Waals surface area (Å²) in [7, 11) is 1.62. The topological polar surface area (TPSA) is 78.9 Å².